The molecule has 0 bridgehead atoms. The predicted octanol–water partition coefficient (Wildman–Crippen LogP) is 2.57. The van der Waals surface area contributed by atoms with Gasteiger partial charge >= 0.3 is 0 Å². The number of thiazole rings is 1. The first kappa shape index (κ1) is 18.8. The van der Waals surface area contributed by atoms with Gasteiger partial charge in [0.05, 0.1) is 21.3 Å². The fourth-order valence-corrected chi connectivity index (χ4v) is 4.61. The highest BCUT2D eigenvalue weighted by molar-refractivity contribution is 8.00. The summed E-state index contributed by atoms with van der Waals surface area (Å²) in [6.45, 7) is 1.47. The van der Waals surface area contributed by atoms with Crippen molar-refractivity contribution >= 4 is 44.2 Å². The van der Waals surface area contributed by atoms with E-state index in [1.54, 1.807) is 0 Å². The lowest BCUT2D eigenvalue weighted by atomic mass is 10.4. The van der Waals surface area contributed by atoms with Crippen molar-refractivity contribution in [2.75, 3.05) is 25.2 Å². The largest absolute Gasteiger partial charge is 0.301 e. The van der Waals surface area contributed by atoms with Crippen molar-refractivity contribution in [3.05, 3.63) is 35.8 Å². The molecule has 0 aliphatic rings. The van der Waals surface area contributed by atoms with Gasteiger partial charge in [-0.2, -0.15) is 4.31 Å². The van der Waals surface area contributed by atoms with Gasteiger partial charge in [-0.05, 0) is 37.4 Å². The van der Waals surface area contributed by atoms with Gasteiger partial charge in [0, 0.05) is 7.05 Å². The zero-order chi connectivity index (χ0) is 17.9. The van der Waals surface area contributed by atoms with Crippen LogP contribution in [0.15, 0.2) is 33.4 Å². The number of aryl methyl sites for hydroxylation is 1. The van der Waals surface area contributed by atoms with Gasteiger partial charge in [-0.25, -0.2) is 17.8 Å². The monoisotopic (exact) mass is 389 g/mol. The third-order valence-corrected chi connectivity index (χ3v) is 7.18. The molecule has 0 atom stereocenters. The molecule has 1 amide bonds. The molecule has 0 unspecified atom stereocenters. The summed E-state index contributed by atoms with van der Waals surface area (Å²) in [7, 11) is -2.58. The van der Waals surface area contributed by atoms with E-state index in [-0.39, 0.29) is 11.4 Å². The third kappa shape index (κ3) is 4.32. The van der Waals surface area contributed by atoms with Crippen LogP contribution in [0.1, 0.15) is 5.69 Å². The molecule has 0 fully saturated rings. The highest BCUT2D eigenvalue weighted by Crippen LogP contribution is 2.30. The normalized spacial score (nSPS) is 11.7. The van der Waals surface area contributed by atoms with E-state index >= 15 is 0 Å². The van der Waals surface area contributed by atoms with Crippen molar-refractivity contribution in [2.24, 2.45) is 0 Å². The Morgan fingerprint density at radius 1 is 1.38 bits per heavy atom. The van der Waals surface area contributed by atoms with Gasteiger partial charge in [-0.15, -0.1) is 11.8 Å². The molecule has 0 radical (unpaired) electrons. The molecule has 1 heterocycles. The second-order valence-electron chi connectivity index (χ2n) is 4.86. The smallest absolute Gasteiger partial charge is 0.243 e. The first-order chi connectivity index (χ1) is 11.2. The van der Waals surface area contributed by atoms with Crippen LogP contribution >= 0.6 is 23.1 Å². The number of rotatable bonds is 6. The van der Waals surface area contributed by atoms with Crippen LogP contribution in [0, 0.1) is 12.7 Å². The number of nitrogens with one attached hydrogen (secondary N) is 1. The lowest BCUT2D eigenvalue weighted by Gasteiger charge is -2.16. The molecule has 24 heavy (non-hydrogen) atoms. The Labute approximate surface area is 148 Å². The molecule has 1 aromatic heterocycles. The van der Waals surface area contributed by atoms with Crippen LogP contribution in [0.2, 0.25) is 0 Å². The summed E-state index contributed by atoms with van der Waals surface area (Å²) in [6, 6.07) is 4.44. The number of likely N-dealkylation sites (N-methyl/N-ethyl adjacent to an activating group) is 1. The number of nitrogens with zero attached hydrogens (tertiary/aromatic N) is 2. The maximum absolute atomic E-state index is 12.9. The Morgan fingerprint density at radius 3 is 2.54 bits per heavy atom. The highest BCUT2D eigenvalue weighted by Gasteiger charge is 2.23. The van der Waals surface area contributed by atoms with Crippen LogP contribution in [0.5, 0.6) is 0 Å². The Kier molecular flexibility index (Phi) is 5.97. The molecule has 130 valence electrons. The van der Waals surface area contributed by atoms with Crippen molar-refractivity contribution in [2.45, 2.75) is 16.0 Å². The van der Waals surface area contributed by atoms with Gasteiger partial charge in [0.25, 0.3) is 0 Å². The van der Waals surface area contributed by atoms with E-state index < -0.39 is 21.7 Å². The lowest BCUT2D eigenvalue weighted by molar-refractivity contribution is -0.116. The zero-order valence-corrected chi connectivity index (χ0v) is 15.7. The van der Waals surface area contributed by atoms with E-state index in [0.717, 1.165) is 38.5 Å². The number of carbonyl (C=O) groups excluding carboxylic acids is 1. The van der Waals surface area contributed by atoms with Crippen molar-refractivity contribution < 1.29 is 17.6 Å². The number of amides is 1. The molecule has 2 aromatic rings. The molecule has 0 aliphatic heterocycles. The minimum atomic E-state index is -3.87. The molecule has 0 aliphatic carbocycles. The molecular formula is C14H16FN3O3S3. The maximum Gasteiger partial charge on any atom is 0.243 e. The van der Waals surface area contributed by atoms with Crippen LogP contribution in [0.3, 0.4) is 0 Å². The number of aromatic nitrogens is 1. The number of sulfonamides is 1. The number of hydrogen-bond donors (Lipinski definition) is 1. The van der Waals surface area contributed by atoms with E-state index in [9.17, 15) is 17.6 Å². The van der Waals surface area contributed by atoms with Gasteiger partial charge in [0.1, 0.15) is 5.82 Å². The van der Waals surface area contributed by atoms with Crippen molar-refractivity contribution in [3.8, 4) is 0 Å². The van der Waals surface area contributed by atoms with Crippen molar-refractivity contribution in [3.63, 3.8) is 0 Å². The van der Waals surface area contributed by atoms with Crippen LogP contribution in [0.4, 0.5) is 9.52 Å². The number of halogens is 1. The number of benzene rings is 1. The van der Waals surface area contributed by atoms with Crippen LogP contribution in [0.25, 0.3) is 0 Å². The maximum atomic E-state index is 12.9. The highest BCUT2D eigenvalue weighted by atomic mass is 32.2. The molecule has 0 saturated carbocycles. The second-order valence-corrected chi connectivity index (χ2v) is 8.98. The van der Waals surface area contributed by atoms with Crippen LogP contribution in [-0.4, -0.2) is 43.5 Å². The Hall–Kier alpha value is -1.49. The van der Waals surface area contributed by atoms with Crippen LogP contribution < -0.4 is 5.32 Å². The summed E-state index contributed by atoms with van der Waals surface area (Å²) in [5.41, 5.74) is 0.815. The topological polar surface area (TPSA) is 79.4 Å². The van der Waals surface area contributed by atoms with E-state index in [2.05, 4.69) is 10.3 Å². The number of hydrogen-bond acceptors (Lipinski definition) is 6. The molecule has 0 saturated heterocycles. The summed E-state index contributed by atoms with van der Waals surface area (Å²) < 4.78 is 39.5. The average molecular weight is 389 g/mol. The van der Waals surface area contributed by atoms with Gasteiger partial charge in [0.15, 0.2) is 5.13 Å². The van der Waals surface area contributed by atoms with E-state index in [0.29, 0.717) is 5.13 Å². The molecule has 10 heteroatoms. The summed E-state index contributed by atoms with van der Waals surface area (Å²) in [5, 5.41) is 3.02. The summed E-state index contributed by atoms with van der Waals surface area (Å²) in [6.07, 6.45) is 1.91. The van der Waals surface area contributed by atoms with E-state index in [4.69, 9.17) is 0 Å². The first-order valence-corrected chi connectivity index (χ1v) is 10.3. The molecule has 6 nitrogen and oxygen atoms in total. The first-order valence-electron chi connectivity index (χ1n) is 6.77. The quantitative estimate of drug-likeness (QED) is 0.768. The SMILES string of the molecule is CSc1sc(NC(=O)CN(C)S(=O)(=O)c2ccc(F)cc2)nc1C. The summed E-state index contributed by atoms with van der Waals surface area (Å²) >= 11 is 2.86. The molecule has 1 aromatic carbocycles. The zero-order valence-electron chi connectivity index (χ0n) is 13.2. The Balaban J connectivity index is 2.06. The fraction of sp³-hybridized carbons (Fsp3) is 0.286. The second kappa shape index (κ2) is 7.60. The van der Waals surface area contributed by atoms with E-state index in [1.807, 2.05) is 13.2 Å². The minimum absolute atomic E-state index is 0.0750. The van der Waals surface area contributed by atoms with Crippen molar-refractivity contribution in [1.29, 1.82) is 0 Å². The van der Waals surface area contributed by atoms with Crippen LogP contribution in [-0.2, 0) is 14.8 Å². The Bertz CT molecular complexity index is 835. The standard InChI is InChI=1S/C14H16FN3O3S3/c1-9-13(22-3)23-14(16-9)17-12(19)8-18(2)24(20,21)11-6-4-10(15)5-7-11/h4-7H,8H2,1-3H3,(H,16,17,19). The number of anilines is 1. The fourth-order valence-electron chi connectivity index (χ4n) is 1.86. The number of carbonyl (C=O) groups is 1. The van der Waals surface area contributed by atoms with Gasteiger partial charge in [-0.3, -0.25) is 4.79 Å². The minimum Gasteiger partial charge on any atom is -0.301 e. The average Bonchev–Trinajstić information content (AvgIpc) is 2.87. The van der Waals surface area contributed by atoms with Gasteiger partial charge < -0.3 is 5.32 Å². The summed E-state index contributed by atoms with van der Waals surface area (Å²) in [5.74, 6) is -1.03. The molecule has 0 spiro atoms. The van der Waals surface area contributed by atoms with Gasteiger partial charge in [-0.1, -0.05) is 11.3 Å². The molecule has 2 rings (SSSR count). The number of thioether (sulfide) groups is 1. The van der Waals surface area contributed by atoms with Gasteiger partial charge in [0.2, 0.25) is 15.9 Å². The lowest BCUT2D eigenvalue weighted by Crippen LogP contribution is -2.34. The molecular weight excluding hydrogens is 373 g/mol. The Morgan fingerprint density at radius 2 is 2.00 bits per heavy atom. The van der Waals surface area contributed by atoms with Crippen molar-refractivity contribution in [1.82, 2.24) is 9.29 Å². The predicted molar refractivity (Wildman–Crippen MR) is 93.5 cm³/mol. The summed E-state index contributed by atoms with van der Waals surface area (Å²) in [4.78, 5) is 16.2. The van der Waals surface area contributed by atoms with E-state index in [1.165, 1.54) is 30.1 Å². The molecule has 1 N–H and O–H groups in total. The third-order valence-electron chi connectivity index (χ3n) is 3.07.